The fourth-order valence-corrected chi connectivity index (χ4v) is 4.48. The molecule has 216 valence electrons. The molecule has 1 aliphatic heterocycles. The number of ether oxygens (including phenoxy) is 1. The maximum Gasteiger partial charge on any atom is 0.411 e. The number of urea groups is 1. The normalized spacial score (nSPS) is 14.7. The molecular formula is C28H25ClFN7O5. The molecule has 1 atom stereocenters. The van der Waals surface area contributed by atoms with Crippen molar-refractivity contribution in [1.82, 2.24) is 20.6 Å². The number of rotatable bonds is 5. The Labute approximate surface area is 244 Å². The third-order valence-electron chi connectivity index (χ3n) is 6.31. The molecule has 4 amide bonds. The van der Waals surface area contributed by atoms with E-state index < -0.39 is 35.7 Å². The number of halogens is 2. The van der Waals surface area contributed by atoms with Gasteiger partial charge in [0.15, 0.2) is 11.5 Å². The Morgan fingerprint density at radius 2 is 2.05 bits per heavy atom. The van der Waals surface area contributed by atoms with Crippen LogP contribution in [0.4, 0.5) is 25.4 Å². The lowest BCUT2D eigenvalue weighted by Crippen LogP contribution is -2.32. The first-order valence-electron chi connectivity index (χ1n) is 12.6. The summed E-state index contributed by atoms with van der Waals surface area (Å²) in [4.78, 5) is 56.7. The van der Waals surface area contributed by atoms with Crippen LogP contribution in [0, 0.1) is 17.1 Å². The molecule has 14 heteroatoms. The van der Waals surface area contributed by atoms with Gasteiger partial charge in [-0.1, -0.05) is 11.6 Å². The Bertz CT molecular complexity index is 1650. The number of amides is 4. The second kappa shape index (κ2) is 13.0. The van der Waals surface area contributed by atoms with Crippen LogP contribution < -0.4 is 21.3 Å². The number of fused-ring (bicyclic) bond motifs is 4. The van der Waals surface area contributed by atoms with E-state index in [-0.39, 0.29) is 45.6 Å². The minimum atomic E-state index is -0.832. The molecule has 42 heavy (non-hydrogen) atoms. The monoisotopic (exact) mass is 593 g/mol. The van der Waals surface area contributed by atoms with Gasteiger partial charge in [-0.3, -0.25) is 14.9 Å². The van der Waals surface area contributed by atoms with Gasteiger partial charge < -0.3 is 25.7 Å². The largest absolute Gasteiger partial charge is 0.453 e. The molecule has 2 bridgehead atoms. The Kier molecular flexibility index (Phi) is 9.18. The highest BCUT2D eigenvalue weighted by atomic mass is 35.5. The molecule has 0 aliphatic carbocycles. The first kappa shape index (κ1) is 29.8. The van der Waals surface area contributed by atoms with Crippen molar-refractivity contribution < 1.29 is 28.3 Å². The van der Waals surface area contributed by atoms with Crippen LogP contribution >= 0.6 is 11.6 Å². The zero-order valence-corrected chi connectivity index (χ0v) is 23.2. The Morgan fingerprint density at radius 3 is 2.76 bits per heavy atom. The van der Waals surface area contributed by atoms with E-state index in [1.54, 1.807) is 12.1 Å². The number of ketones is 1. The highest BCUT2D eigenvalue weighted by Crippen LogP contribution is 2.33. The van der Waals surface area contributed by atoms with Crippen molar-refractivity contribution in [2.45, 2.75) is 25.8 Å². The number of H-pyrrole nitrogens is 1. The van der Waals surface area contributed by atoms with E-state index in [9.17, 15) is 28.8 Å². The lowest BCUT2D eigenvalue weighted by atomic mass is 10.0. The molecule has 2 heterocycles. The summed E-state index contributed by atoms with van der Waals surface area (Å²) in [6.45, 7) is 1.51. The summed E-state index contributed by atoms with van der Waals surface area (Å²) in [5, 5.41) is 20.4. The maximum atomic E-state index is 14.6. The number of anilines is 2. The van der Waals surface area contributed by atoms with Gasteiger partial charge in [-0.05, 0) is 56.2 Å². The van der Waals surface area contributed by atoms with Crippen molar-refractivity contribution in [3.8, 4) is 17.3 Å². The summed E-state index contributed by atoms with van der Waals surface area (Å²) in [6.07, 6.45) is 2.25. The Hall–Kier alpha value is -5.22. The third-order valence-corrected chi connectivity index (χ3v) is 6.60. The van der Waals surface area contributed by atoms with Crippen molar-refractivity contribution >= 4 is 52.9 Å². The van der Waals surface area contributed by atoms with Crippen molar-refractivity contribution in [2.24, 2.45) is 0 Å². The lowest BCUT2D eigenvalue weighted by Gasteiger charge is -2.18. The van der Waals surface area contributed by atoms with Crippen LogP contribution in [0.1, 0.15) is 53.2 Å². The van der Waals surface area contributed by atoms with Gasteiger partial charge in [-0.15, -0.1) is 0 Å². The van der Waals surface area contributed by atoms with Gasteiger partial charge in [-0.25, -0.2) is 19.0 Å². The third kappa shape index (κ3) is 6.73. The molecule has 0 radical (unpaired) electrons. The summed E-state index contributed by atoms with van der Waals surface area (Å²) in [5.74, 6) is -1.58. The van der Waals surface area contributed by atoms with E-state index in [0.29, 0.717) is 24.1 Å². The van der Waals surface area contributed by atoms with E-state index in [1.165, 1.54) is 38.3 Å². The number of hydrogen-bond acceptors (Lipinski definition) is 7. The minimum absolute atomic E-state index is 0.00303. The molecule has 0 fully saturated rings. The first-order valence-corrected chi connectivity index (χ1v) is 13.0. The maximum absolute atomic E-state index is 14.6. The number of imidazole rings is 1. The van der Waals surface area contributed by atoms with Crippen LogP contribution in [0.3, 0.4) is 0 Å². The number of benzene rings is 2. The molecule has 5 N–H and O–H groups in total. The van der Waals surface area contributed by atoms with Gasteiger partial charge in [0.05, 0.1) is 29.6 Å². The number of carbonyl (C=O) groups excluding carboxylic acids is 4. The number of nitrogens with one attached hydrogen (secondary N) is 5. The molecule has 1 aliphatic rings. The molecule has 0 spiro atoms. The summed E-state index contributed by atoms with van der Waals surface area (Å²) < 4.78 is 19.3. The first-order chi connectivity index (χ1) is 20.1. The van der Waals surface area contributed by atoms with Gasteiger partial charge in [0.2, 0.25) is 5.91 Å². The number of hydrogen-bond donors (Lipinski definition) is 5. The second-order valence-corrected chi connectivity index (χ2v) is 9.54. The lowest BCUT2D eigenvalue weighted by molar-refractivity contribution is -0.117. The highest BCUT2D eigenvalue weighted by Gasteiger charge is 2.24. The van der Waals surface area contributed by atoms with Crippen LogP contribution in [0.5, 0.6) is 0 Å². The zero-order chi connectivity index (χ0) is 30.4. The summed E-state index contributed by atoms with van der Waals surface area (Å²) >= 11 is 5.87. The van der Waals surface area contributed by atoms with Crippen molar-refractivity contribution in [3.63, 3.8) is 0 Å². The zero-order valence-electron chi connectivity index (χ0n) is 22.4. The Balaban J connectivity index is 1.68. The summed E-state index contributed by atoms with van der Waals surface area (Å²) in [7, 11) is 1.21. The minimum Gasteiger partial charge on any atom is -0.453 e. The second-order valence-electron chi connectivity index (χ2n) is 9.13. The number of Topliss-reactive ketones (excluding diaryl/α,β-unsaturated/α-hetero) is 1. The van der Waals surface area contributed by atoms with Gasteiger partial charge in [0.25, 0.3) is 0 Å². The van der Waals surface area contributed by atoms with Crippen molar-refractivity contribution in [1.29, 1.82) is 5.26 Å². The predicted octanol–water partition coefficient (Wildman–Crippen LogP) is 4.91. The summed E-state index contributed by atoms with van der Waals surface area (Å²) in [6, 6.07) is 8.02. The smallest absolute Gasteiger partial charge is 0.411 e. The van der Waals surface area contributed by atoms with Crippen LogP contribution in [-0.2, 0) is 9.53 Å². The van der Waals surface area contributed by atoms with Crippen LogP contribution in [0.15, 0.2) is 36.4 Å². The van der Waals surface area contributed by atoms with Crippen LogP contribution in [-0.4, -0.2) is 47.4 Å². The van der Waals surface area contributed by atoms with Crippen molar-refractivity contribution in [2.75, 3.05) is 24.3 Å². The van der Waals surface area contributed by atoms with Crippen LogP contribution in [0.25, 0.3) is 17.3 Å². The average molecular weight is 594 g/mol. The number of nitriles is 1. The number of carbonyl (C=O) groups is 4. The van der Waals surface area contributed by atoms with Gasteiger partial charge in [0, 0.05) is 35.0 Å². The molecule has 12 nitrogen and oxygen atoms in total. The molecule has 0 unspecified atom stereocenters. The van der Waals surface area contributed by atoms with Crippen LogP contribution in [0.2, 0.25) is 5.02 Å². The fourth-order valence-electron chi connectivity index (χ4n) is 4.31. The molecule has 3 aromatic rings. The number of nitrogens with zero attached hydrogens (tertiary/aromatic N) is 2. The SMILES string of the molecule is COC(=O)Nc1ccc2c(c1)NC(=O)NCCC[C@H](NC(=O)/C=C/c1c(C(C)=O)ccc(Cl)c1F)c1nc(C#N)c-2[nH]1. The number of aromatic nitrogens is 2. The van der Waals surface area contributed by atoms with Crippen molar-refractivity contribution in [3.05, 3.63) is 69.9 Å². The molecule has 2 aromatic carbocycles. The molecule has 0 saturated carbocycles. The standard InChI is InChI=1S/C28H25ClFN7O5/c1-14(38)16-7-9-19(29)24(30)17(16)8-10-23(39)34-20-4-3-11-32-27(40)36-21-12-15(33-28(41)42-2)5-6-18(21)25-22(13-31)35-26(20)37-25/h5-10,12,20H,3-4,11H2,1-2H3,(H,33,41)(H,34,39)(H,35,37)(H2,32,36,40)/b10-8+/t20-/m0/s1. The Morgan fingerprint density at radius 1 is 1.26 bits per heavy atom. The van der Waals surface area contributed by atoms with E-state index >= 15 is 0 Å². The topological polar surface area (TPSA) is 178 Å². The van der Waals surface area contributed by atoms with Gasteiger partial charge >= 0.3 is 12.1 Å². The van der Waals surface area contributed by atoms with E-state index in [0.717, 1.165) is 6.08 Å². The summed E-state index contributed by atoms with van der Waals surface area (Å²) in [5.41, 5.74) is 1.21. The fraction of sp³-hybridized carbons (Fsp3) is 0.214. The quantitative estimate of drug-likeness (QED) is 0.206. The highest BCUT2D eigenvalue weighted by molar-refractivity contribution is 6.31. The van der Waals surface area contributed by atoms with E-state index in [2.05, 4.69) is 36.0 Å². The molecule has 0 saturated heterocycles. The average Bonchev–Trinajstić information content (AvgIpc) is 3.39. The number of aromatic amines is 1. The molecular weight excluding hydrogens is 569 g/mol. The van der Waals surface area contributed by atoms with E-state index in [4.69, 9.17) is 11.6 Å². The predicted molar refractivity (Wildman–Crippen MR) is 152 cm³/mol. The van der Waals surface area contributed by atoms with Gasteiger partial charge in [0.1, 0.15) is 17.7 Å². The van der Waals surface area contributed by atoms with Gasteiger partial charge in [-0.2, -0.15) is 5.26 Å². The number of methoxy groups -OCH3 is 1. The molecule has 4 rings (SSSR count). The molecule has 1 aromatic heterocycles. The van der Waals surface area contributed by atoms with E-state index in [1.807, 2.05) is 6.07 Å².